The molecule has 0 bridgehead atoms. The summed E-state index contributed by atoms with van der Waals surface area (Å²) in [5.74, 6) is 0.514. The highest BCUT2D eigenvalue weighted by Gasteiger charge is 2.34. The van der Waals surface area contributed by atoms with Crippen LogP contribution in [0.4, 0.5) is 4.39 Å². The molecular formula is C19H28ClFN2O2. The number of carbonyl (C=O) groups excluding carboxylic acids is 1. The van der Waals surface area contributed by atoms with E-state index < -0.39 is 0 Å². The van der Waals surface area contributed by atoms with E-state index in [4.69, 9.17) is 4.74 Å². The Morgan fingerprint density at radius 2 is 1.92 bits per heavy atom. The molecule has 6 heteroatoms. The predicted octanol–water partition coefficient (Wildman–Crippen LogP) is 2.65. The van der Waals surface area contributed by atoms with Gasteiger partial charge in [0.1, 0.15) is 5.82 Å². The Balaban J connectivity index is 0.00000225. The first kappa shape index (κ1) is 20.1. The molecule has 2 saturated heterocycles. The van der Waals surface area contributed by atoms with E-state index in [-0.39, 0.29) is 36.2 Å². The minimum atomic E-state index is -0.214. The highest BCUT2D eigenvalue weighted by atomic mass is 35.5. The third-order valence-electron chi connectivity index (χ3n) is 5.38. The van der Waals surface area contributed by atoms with E-state index in [0.717, 1.165) is 57.4 Å². The first-order valence-electron chi connectivity index (χ1n) is 8.94. The quantitative estimate of drug-likeness (QED) is 0.885. The molecule has 0 radical (unpaired) electrons. The Morgan fingerprint density at radius 3 is 2.56 bits per heavy atom. The van der Waals surface area contributed by atoms with Gasteiger partial charge >= 0.3 is 0 Å². The van der Waals surface area contributed by atoms with E-state index in [1.165, 1.54) is 12.1 Å². The number of likely N-dealkylation sites (tertiary alicyclic amines) is 1. The molecule has 3 rings (SSSR count). The van der Waals surface area contributed by atoms with E-state index in [2.05, 4.69) is 5.32 Å². The van der Waals surface area contributed by atoms with Crippen LogP contribution in [0.1, 0.15) is 24.8 Å². The monoisotopic (exact) mass is 370 g/mol. The third kappa shape index (κ3) is 5.16. The summed E-state index contributed by atoms with van der Waals surface area (Å²) < 4.78 is 18.8. The van der Waals surface area contributed by atoms with Crippen LogP contribution in [0.5, 0.6) is 0 Å². The lowest BCUT2D eigenvalue weighted by molar-refractivity contribution is -0.140. The zero-order valence-electron chi connectivity index (χ0n) is 14.7. The number of nitrogens with one attached hydrogen (secondary N) is 1. The van der Waals surface area contributed by atoms with Crippen LogP contribution in [0.25, 0.3) is 0 Å². The van der Waals surface area contributed by atoms with Crippen LogP contribution in [0.15, 0.2) is 24.3 Å². The first-order valence-corrected chi connectivity index (χ1v) is 8.94. The van der Waals surface area contributed by atoms with Gasteiger partial charge in [-0.15, -0.1) is 12.4 Å². The molecule has 4 nitrogen and oxygen atoms in total. The number of amides is 1. The number of halogens is 2. The lowest BCUT2D eigenvalue weighted by Crippen LogP contribution is -2.50. The van der Waals surface area contributed by atoms with E-state index >= 15 is 0 Å². The summed E-state index contributed by atoms with van der Waals surface area (Å²) >= 11 is 0. The molecule has 0 spiro atoms. The summed E-state index contributed by atoms with van der Waals surface area (Å²) in [5, 5.41) is 3.31. The van der Waals surface area contributed by atoms with Gasteiger partial charge in [0, 0.05) is 32.0 Å². The molecule has 0 saturated carbocycles. The summed E-state index contributed by atoms with van der Waals surface area (Å²) in [5.41, 5.74) is 1.10. The molecule has 2 fully saturated rings. The predicted molar refractivity (Wildman–Crippen MR) is 98.4 cm³/mol. The average Bonchev–Trinajstić information content (AvgIpc) is 2.63. The number of rotatable bonds is 4. The number of hydrogen-bond acceptors (Lipinski definition) is 3. The standard InChI is InChI=1S/C19H27FN2O2.ClH/c1-24-18-8-11-22(19(23)15-6-9-21-10-7-15)13-16(18)12-14-2-4-17(20)5-3-14;/h2-5,15-16,18,21H,6-13H2,1H3;1H/t16-,18+;/m1./s1. The molecule has 2 heterocycles. The molecule has 0 aromatic heterocycles. The fourth-order valence-electron chi connectivity index (χ4n) is 3.97. The van der Waals surface area contributed by atoms with E-state index in [0.29, 0.717) is 5.91 Å². The summed E-state index contributed by atoms with van der Waals surface area (Å²) in [6.45, 7) is 3.38. The van der Waals surface area contributed by atoms with Gasteiger partial charge in [-0.25, -0.2) is 4.39 Å². The second-order valence-electron chi connectivity index (χ2n) is 6.96. The maximum absolute atomic E-state index is 13.1. The van der Waals surface area contributed by atoms with Crippen molar-refractivity contribution >= 4 is 18.3 Å². The Kier molecular flexibility index (Phi) is 7.66. The molecule has 1 aromatic rings. The topological polar surface area (TPSA) is 41.6 Å². The molecular weight excluding hydrogens is 343 g/mol. The van der Waals surface area contributed by atoms with E-state index in [1.807, 2.05) is 17.0 Å². The van der Waals surface area contributed by atoms with Crippen molar-refractivity contribution in [3.63, 3.8) is 0 Å². The number of nitrogens with zero attached hydrogens (tertiary/aromatic N) is 1. The molecule has 25 heavy (non-hydrogen) atoms. The minimum absolute atomic E-state index is 0. The van der Waals surface area contributed by atoms with Gasteiger partial charge in [-0.2, -0.15) is 0 Å². The molecule has 0 aliphatic carbocycles. The lowest BCUT2D eigenvalue weighted by atomic mass is 9.87. The molecule has 2 atom stereocenters. The van der Waals surface area contributed by atoms with Crippen LogP contribution in [0.3, 0.4) is 0 Å². The van der Waals surface area contributed by atoms with Crippen LogP contribution >= 0.6 is 12.4 Å². The summed E-state index contributed by atoms with van der Waals surface area (Å²) in [6.07, 6.45) is 3.72. The van der Waals surface area contributed by atoms with Crippen molar-refractivity contribution < 1.29 is 13.9 Å². The number of piperidine rings is 2. The first-order chi connectivity index (χ1) is 11.7. The fourth-order valence-corrected chi connectivity index (χ4v) is 3.97. The van der Waals surface area contributed by atoms with Crippen molar-refractivity contribution in [3.05, 3.63) is 35.6 Å². The highest BCUT2D eigenvalue weighted by molar-refractivity contribution is 5.85. The van der Waals surface area contributed by atoms with Gasteiger partial charge in [0.25, 0.3) is 0 Å². The molecule has 140 valence electrons. The summed E-state index contributed by atoms with van der Waals surface area (Å²) in [7, 11) is 1.74. The fraction of sp³-hybridized carbons (Fsp3) is 0.632. The summed E-state index contributed by atoms with van der Waals surface area (Å²) in [4.78, 5) is 14.8. The minimum Gasteiger partial charge on any atom is -0.381 e. The van der Waals surface area contributed by atoms with Crippen molar-refractivity contribution in [1.82, 2.24) is 10.2 Å². The summed E-state index contributed by atoms with van der Waals surface area (Å²) in [6, 6.07) is 6.65. The number of carbonyl (C=O) groups is 1. The van der Waals surface area contributed by atoms with Gasteiger partial charge in [-0.1, -0.05) is 12.1 Å². The van der Waals surface area contributed by atoms with Gasteiger partial charge < -0.3 is 15.0 Å². The second kappa shape index (κ2) is 9.51. The molecule has 1 amide bonds. The van der Waals surface area contributed by atoms with Crippen molar-refractivity contribution in [3.8, 4) is 0 Å². The van der Waals surface area contributed by atoms with Gasteiger partial charge in [-0.05, 0) is 56.5 Å². The second-order valence-corrected chi connectivity index (χ2v) is 6.96. The highest BCUT2D eigenvalue weighted by Crippen LogP contribution is 2.26. The molecule has 2 aliphatic rings. The van der Waals surface area contributed by atoms with Crippen LogP contribution in [-0.2, 0) is 16.0 Å². The van der Waals surface area contributed by atoms with Gasteiger partial charge in [0.2, 0.25) is 5.91 Å². The maximum Gasteiger partial charge on any atom is 0.225 e. The van der Waals surface area contributed by atoms with Gasteiger partial charge in [0.15, 0.2) is 0 Å². The number of methoxy groups -OCH3 is 1. The van der Waals surface area contributed by atoms with Crippen LogP contribution in [0, 0.1) is 17.7 Å². The molecule has 2 aliphatic heterocycles. The normalized spacial score (nSPS) is 24.6. The number of benzene rings is 1. The van der Waals surface area contributed by atoms with Crippen LogP contribution < -0.4 is 5.32 Å². The molecule has 1 aromatic carbocycles. The van der Waals surface area contributed by atoms with E-state index in [1.54, 1.807) is 7.11 Å². The average molecular weight is 371 g/mol. The zero-order chi connectivity index (χ0) is 16.9. The van der Waals surface area contributed by atoms with Crippen molar-refractivity contribution in [2.75, 3.05) is 33.3 Å². The smallest absolute Gasteiger partial charge is 0.225 e. The Labute approximate surface area is 155 Å². The molecule has 1 N–H and O–H groups in total. The SMILES string of the molecule is CO[C@H]1CCN(C(=O)C2CCNCC2)C[C@H]1Cc1ccc(F)cc1.Cl. The van der Waals surface area contributed by atoms with Crippen molar-refractivity contribution in [1.29, 1.82) is 0 Å². The number of ether oxygens (including phenoxy) is 1. The Bertz CT molecular complexity index is 549. The zero-order valence-corrected chi connectivity index (χ0v) is 15.6. The van der Waals surface area contributed by atoms with Crippen molar-refractivity contribution in [2.45, 2.75) is 31.8 Å². The third-order valence-corrected chi connectivity index (χ3v) is 5.38. The number of hydrogen-bond donors (Lipinski definition) is 1. The lowest BCUT2D eigenvalue weighted by Gasteiger charge is -2.40. The molecule has 0 unspecified atom stereocenters. The Morgan fingerprint density at radius 1 is 1.24 bits per heavy atom. The van der Waals surface area contributed by atoms with Crippen LogP contribution in [0.2, 0.25) is 0 Å². The van der Waals surface area contributed by atoms with Crippen molar-refractivity contribution in [2.24, 2.45) is 11.8 Å². The van der Waals surface area contributed by atoms with Crippen LogP contribution in [-0.4, -0.2) is 50.2 Å². The van der Waals surface area contributed by atoms with Gasteiger partial charge in [-0.3, -0.25) is 4.79 Å². The maximum atomic E-state index is 13.1. The largest absolute Gasteiger partial charge is 0.381 e. The Hall–Kier alpha value is -1.17. The van der Waals surface area contributed by atoms with Gasteiger partial charge in [0.05, 0.1) is 6.10 Å². The van der Waals surface area contributed by atoms with E-state index in [9.17, 15) is 9.18 Å².